The van der Waals surface area contributed by atoms with E-state index in [1.165, 1.54) is 5.39 Å². The van der Waals surface area contributed by atoms with Gasteiger partial charge in [0, 0.05) is 23.2 Å². The molecule has 0 atom stereocenters. The normalized spacial score (nSPS) is 11.3. The van der Waals surface area contributed by atoms with Crippen LogP contribution >= 0.6 is 0 Å². The third-order valence-corrected chi connectivity index (χ3v) is 3.99. The van der Waals surface area contributed by atoms with Gasteiger partial charge < -0.3 is 9.47 Å². The van der Waals surface area contributed by atoms with E-state index < -0.39 is 0 Å². The van der Waals surface area contributed by atoms with Crippen molar-refractivity contribution in [3.63, 3.8) is 0 Å². The minimum absolute atomic E-state index is 0.467. The minimum Gasteiger partial charge on any atom is -0.493 e. The van der Waals surface area contributed by atoms with Crippen LogP contribution in [0.3, 0.4) is 0 Å². The largest absolute Gasteiger partial charge is 0.493 e. The third-order valence-electron chi connectivity index (χ3n) is 3.99. The molecule has 0 radical (unpaired) electrons. The fourth-order valence-corrected chi connectivity index (χ4v) is 2.75. The highest BCUT2D eigenvalue weighted by molar-refractivity contribution is 5.94. The van der Waals surface area contributed by atoms with Crippen molar-refractivity contribution in [2.24, 2.45) is 11.8 Å². The van der Waals surface area contributed by atoms with Crippen molar-refractivity contribution in [3.8, 4) is 22.8 Å². The molecule has 26 heavy (non-hydrogen) atoms. The monoisotopic (exact) mass is 349 g/mol. The number of pyridine rings is 1. The first-order valence-corrected chi connectivity index (χ1v) is 9.27. The summed E-state index contributed by atoms with van der Waals surface area (Å²) in [5, 5.41) is 2.31. The average Bonchev–Trinajstić information content (AvgIpc) is 2.64. The van der Waals surface area contributed by atoms with Gasteiger partial charge in [-0.2, -0.15) is 0 Å². The van der Waals surface area contributed by atoms with Crippen LogP contribution < -0.4 is 9.47 Å². The van der Waals surface area contributed by atoms with Crippen LogP contribution in [0.2, 0.25) is 0 Å². The van der Waals surface area contributed by atoms with Gasteiger partial charge in [-0.1, -0.05) is 52.0 Å². The molecule has 3 heteroatoms. The van der Waals surface area contributed by atoms with Crippen molar-refractivity contribution in [2.45, 2.75) is 27.7 Å². The number of hydrogen-bond acceptors (Lipinski definition) is 3. The van der Waals surface area contributed by atoms with Gasteiger partial charge in [0.15, 0.2) is 0 Å². The topological polar surface area (TPSA) is 31.4 Å². The first-order valence-electron chi connectivity index (χ1n) is 9.27. The first kappa shape index (κ1) is 18.2. The summed E-state index contributed by atoms with van der Waals surface area (Å²) in [6.07, 6.45) is 1.86. The van der Waals surface area contributed by atoms with Crippen LogP contribution in [-0.2, 0) is 0 Å². The Morgan fingerprint density at radius 1 is 0.808 bits per heavy atom. The molecule has 3 rings (SSSR count). The zero-order chi connectivity index (χ0) is 18.5. The third kappa shape index (κ3) is 4.54. The molecule has 0 spiro atoms. The lowest BCUT2D eigenvalue weighted by molar-refractivity contribution is 0.258. The van der Waals surface area contributed by atoms with Crippen LogP contribution in [0.4, 0.5) is 0 Å². The highest BCUT2D eigenvalue weighted by Gasteiger charge is 2.10. The molecule has 0 aliphatic rings. The van der Waals surface area contributed by atoms with Crippen LogP contribution in [-0.4, -0.2) is 18.2 Å². The summed E-state index contributed by atoms with van der Waals surface area (Å²) in [4.78, 5) is 4.64. The molecule has 0 unspecified atom stereocenters. The number of nitrogens with zero attached hydrogens (tertiary/aromatic N) is 1. The summed E-state index contributed by atoms with van der Waals surface area (Å²) in [7, 11) is 0. The standard InChI is InChI=1S/C23H27NO2/c1-16(2)14-25-20-11-19(12-21(13-20)26-15-17(3)4)23-22-8-6-5-7-18(22)9-10-24-23/h5-13,16-17H,14-15H2,1-4H3. The van der Waals surface area contributed by atoms with E-state index in [-0.39, 0.29) is 0 Å². The molecule has 3 aromatic rings. The zero-order valence-electron chi connectivity index (χ0n) is 16.0. The smallest absolute Gasteiger partial charge is 0.123 e. The number of aromatic nitrogens is 1. The number of rotatable bonds is 7. The Labute approximate surface area is 156 Å². The Morgan fingerprint density at radius 2 is 1.42 bits per heavy atom. The highest BCUT2D eigenvalue weighted by Crippen LogP contribution is 2.33. The van der Waals surface area contributed by atoms with Gasteiger partial charge in [-0.05, 0) is 35.4 Å². The Kier molecular flexibility index (Phi) is 5.77. The van der Waals surface area contributed by atoms with Crippen molar-refractivity contribution in [1.82, 2.24) is 4.98 Å². The quantitative estimate of drug-likeness (QED) is 0.526. The fraction of sp³-hybridized carbons (Fsp3) is 0.348. The molecule has 0 N–H and O–H groups in total. The van der Waals surface area contributed by atoms with Crippen molar-refractivity contribution in [2.75, 3.05) is 13.2 Å². The number of fused-ring (bicyclic) bond motifs is 1. The molecule has 0 aliphatic heterocycles. The van der Waals surface area contributed by atoms with Crippen LogP contribution in [0.15, 0.2) is 54.7 Å². The molecular formula is C23H27NO2. The Balaban J connectivity index is 2.03. The molecule has 0 bridgehead atoms. The van der Waals surface area contributed by atoms with Gasteiger partial charge in [0.1, 0.15) is 11.5 Å². The fourth-order valence-electron chi connectivity index (χ4n) is 2.75. The number of ether oxygens (including phenoxy) is 2. The summed E-state index contributed by atoms with van der Waals surface area (Å²) in [6, 6.07) is 16.4. The molecule has 0 saturated carbocycles. The first-order chi connectivity index (χ1) is 12.5. The molecule has 0 saturated heterocycles. The second-order valence-corrected chi connectivity index (χ2v) is 7.48. The molecule has 0 amide bonds. The lowest BCUT2D eigenvalue weighted by Gasteiger charge is -2.15. The number of hydrogen-bond donors (Lipinski definition) is 0. The molecule has 0 fully saturated rings. The molecule has 136 valence electrons. The van der Waals surface area contributed by atoms with E-state index in [9.17, 15) is 0 Å². The molecular weight excluding hydrogens is 322 g/mol. The lowest BCUT2D eigenvalue weighted by atomic mass is 10.0. The van der Waals surface area contributed by atoms with Gasteiger partial charge in [0.05, 0.1) is 18.9 Å². The van der Waals surface area contributed by atoms with Gasteiger partial charge in [-0.3, -0.25) is 4.98 Å². The highest BCUT2D eigenvalue weighted by atomic mass is 16.5. The second kappa shape index (κ2) is 8.22. The molecule has 2 aromatic carbocycles. The van der Waals surface area contributed by atoms with Crippen LogP contribution in [0.5, 0.6) is 11.5 Å². The zero-order valence-corrected chi connectivity index (χ0v) is 16.0. The van der Waals surface area contributed by atoms with Gasteiger partial charge in [-0.25, -0.2) is 0 Å². The lowest BCUT2D eigenvalue weighted by Crippen LogP contribution is -2.07. The van der Waals surface area contributed by atoms with Gasteiger partial charge in [0.2, 0.25) is 0 Å². The van der Waals surface area contributed by atoms with Gasteiger partial charge in [-0.15, -0.1) is 0 Å². The Morgan fingerprint density at radius 3 is 2.04 bits per heavy atom. The van der Waals surface area contributed by atoms with Crippen molar-refractivity contribution < 1.29 is 9.47 Å². The summed E-state index contributed by atoms with van der Waals surface area (Å²) in [5.74, 6) is 2.58. The summed E-state index contributed by atoms with van der Waals surface area (Å²) < 4.78 is 12.0. The van der Waals surface area contributed by atoms with Gasteiger partial charge >= 0.3 is 0 Å². The van der Waals surface area contributed by atoms with E-state index in [0.717, 1.165) is 28.1 Å². The van der Waals surface area contributed by atoms with Crippen molar-refractivity contribution in [3.05, 3.63) is 54.7 Å². The maximum Gasteiger partial charge on any atom is 0.123 e. The molecule has 1 heterocycles. The minimum atomic E-state index is 0.467. The van der Waals surface area contributed by atoms with E-state index in [4.69, 9.17) is 9.47 Å². The van der Waals surface area contributed by atoms with E-state index in [2.05, 4.69) is 56.9 Å². The predicted octanol–water partition coefficient (Wildman–Crippen LogP) is 5.97. The molecule has 0 aliphatic carbocycles. The number of benzene rings is 2. The van der Waals surface area contributed by atoms with Crippen LogP contribution in [0.25, 0.3) is 22.0 Å². The average molecular weight is 349 g/mol. The summed E-state index contributed by atoms with van der Waals surface area (Å²) in [5.41, 5.74) is 1.97. The summed E-state index contributed by atoms with van der Waals surface area (Å²) >= 11 is 0. The second-order valence-electron chi connectivity index (χ2n) is 7.48. The SMILES string of the molecule is CC(C)COc1cc(OCC(C)C)cc(-c2nccc3ccccc23)c1. The maximum atomic E-state index is 5.98. The van der Waals surface area contributed by atoms with Crippen LogP contribution in [0.1, 0.15) is 27.7 Å². The van der Waals surface area contributed by atoms with E-state index in [1.54, 1.807) is 0 Å². The molecule has 1 aromatic heterocycles. The van der Waals surface area contributed by atoms with E-state index >= 15 is 0 Å². The van der Waals surface area contributed by atoms with Crippen LogP contribution in [0, 0.1) is 11.8 Å². The van der Waals surface area contributed by atoms with Crippen molar-refractivity contribution >= 4 is 10.8 Å². The Bertz CT molecular complexity index is 835. The molecule has 3 nitrogen and oxygen atoms in total. The predicted molar refractivity (Wildman–Crippen MR) is 108 cm³/mol. The van der Waals surface area contributed by atoms with E-state index in [1.807, 2.05) is 30.5 Å². The van der Waals surface area contributed by atoms with Gasteiger partial charge in [0.25, 0.3) is 0 Å². The Hall–Kier alpha value is -2.55. The van der Waals surface area contributed by atoms with Crippen molar-refractivity contribution in [1.29, 1.82) is 0 Å². The van der Waals surface area contributed by atoms with E-state index in [0.29, 0.717) is 25.0 Å². The summed E-state index contributed by atoms with van der Waals surface area (Å²) in [6.45, 7) is 9.93. The maximum absolute atomic E-state index is 5.98.